The van der Waals surface area contributed by atoms with E-state index in [-0.39, 0.29) is 19.0 Å². The molecule has 1 saturated heterocycles. The highest BCUT2D eigenvalue weighted by Crippen LogP contribution is 2.27. The molecule has 0 unspecified atom stereocenters. The van der Waals surface area contributed by atoms with Gasteiger partial charge in [-0.2, -0.15) is 0 Å². The molecular formula is C20H31FN2O4. The van der Waals surface area contributed by atoms with Crippen LogP contribution in [-0.2, 0) is 11.3 Å². The van der Waals surface area contributed by atoms with Crippen molar-refractivity contribution in [3.63, 3.8) is 0 Å². The molecule has 1 heterocycles. The standard InChI is InChI=1S/C20H31FN2O4/c1-19(2,25)9-11-22(3)14-20(26)8-5-10-23(18(20)24)13-15-12-16(27-4)6-7-17(15)21/h6-7,12,25-26H,5,8-11,13-14H2,1-4H3/t20-/m0/s1. The SMILES string of the molecule is COc1ccc(F)c(CN2CCC[C@](O)(CN(C)CCC(C)(C)O)C2=O)c1. The number of rotatable bonds is 8. The summed E-state index contributed by atoms with van der Waals surface area (Å²) in [5, 5.41) is 20.8. The van der Waals surface area contributed by atoms with Crippen molar-refractivity contribution >= 4 is 5.91 Å². The number of amides is 1. The average molecular weight is 382 g/mol. The van der Waals surface area contributed by atoms with Crippen LogP contribution in [0.1, 0.15) is 38.7 Å². The van der Waals surface area contributed by atoms with Gasteiger partial charge in [0.1, 0.15) is 11.6 Å². The molecule has 2 N–H and O–H groups in total. The Morgan fingerprint density at radius 3 is 2.74 bits per heavy atom. The number of methoxy groups -OCH3 is 1. The van der Waals surface area contributed by atoms with Crippen LogP contribution in [0.25, 0.3) is 0 Å². The maximum absolute atomic E-state index is 14.1. The molecule has 27 heavy (non-hydrogen) atoms. The molecule has 1 aliphatic rings. The van der Waals surface area contributed by atoms with E-state index in [9.17, 15) is 19.4 Å². The van der Waals surface area contributed by atoms with Crippen molar-refractivity contribution in [1.29, 1.82) is 0 Å². The number of aliphatic hydroxyl groups is 2. The lowest BCUT2D eigenvalue weighted by Gasteiger charge is -2.40. The largest absolute Gasteiger partial charge is 0.497 e. The summed E-state index contributed by atoms with van der Waals surface area (Å²) in [6.45, 7) is 4.77. The predicted molar refractivity (Wildman–Crippen MR) is 101 cm³/mol. The molecule has 1 amide bonds. The Balaban J connectivity index is 2.06. The first-order chi connectivity index (χ1) is 12.5. The van der Waals surface area contributed by atoms with Gasteiger partial charge in [-0.3, -0.25) is 4.79 Å². The van der Waals surface area contributed by atoms with Crippen molar-refractivity contribution in [2.75, 3.05) is 33.8 Å². The molecule has 6 nitrogen and oxygen atoms in total. The van der Waals surface area contributed by atoms with E-state index in [2.05, 4.69) is 0 Å². The molecule has 0 bridgehead atoms. The molecule has 0 saturated carbocycles. The lowest BCUT2D eigenvalue weighted by molar-refractivity contribution is -0.160. The van der Waals surface area contributed by atoms with Gasteiger partial charge in [-0.1, -0.05) is 0 Å². The fourth-order valence-electron chi connectivity index (χ4n) is 3.36. The summed E-state index contributed by atoms with van der Waals surface area (Å²) in [5.41, 5.74) is -1.94. The Labute approximate surface area is 160 Å². The number of halogens is 1. The van der Waals surface area contributed by atoms with Gasteiger partial charge in [-0.15, -0.1) is 0 Å². The quantitative estimate of drug-likeness (QED) is 0.717. The molecule has 2 rings (SSSR count). The van der Waals surface area contributed by atoms with Crippen LogP contribution in [0, 0.1) is 5.82 Å². The number of likely N-dealkylation sites (tertiary alicyclic amines) is 1. The number of carbonyl (C=O) groups excluding carboxylic acids is 1. The van der Waals surface area contributed by atoms with Crippen LogP contribution in [0.3, 0.4) is 0 Å². The monoisotopic (exact) mass is 382 g/mol. The van der Waals surface area contributed by atoms with Crippen LogP contribution in [0.2, 0.25) is 0 Å². The Hall–Kier alpha value is -1.70. The number of nitrogens with zero attached hydrogens (tertiary/aromatic N) is 2. The number of hydrogen-bond donors (Lipinski definition) is 2. The van der Waals surface area contributed by atoms with Gasteiger partial charge in [-0.25, -0.2) is 4.39 Å². The van der Waals surface area contributed by atoms with Crippen LogP contribution in [0.4, 0.5) is 4.39 Å². The van der Waals surface area contributed by atoms with Gasteiger partial charge < -0.3 is 24.7 Å². The van der Waals surface area contributed by atoms with Gasteiger partial charge in [0.15, 0.2) is 5.60 Å². The molecule has 0 spiro atoms. The van der Waals surface area contributed by atoms with Gasteiger partial charge in [0, 0.05) is 31.7 Å². The summed E-state index contributed by atoms with van der Waals surface area (Å²) in [5.74, 6) is -0.261. The van der Waals surface area contributed by atoms with Crippen LogP contribution in [0.5, 0.6) is 5.75 Å². The van der Waals surface area contributed by atoms with Crippen LogP contribution in [0.15, 0.2) is 18.2 Å². The van der Waals surface area contributed by atoms with E-state index in [1.165, 1.54) is 24.1 Å². The Kier molecular flexibility index (Phi) is 6.83. The molecule has 152 valence electrons. The lowest BCUT2D eigenvalue weighted by Crippen LogP contribution is -2.58. The molecule has 0 radical (unpaired) electrons. The smallest absolute Gasteiger partial charge is 0.256 e. The number of carbonyl (C=O) groups is 1. The van der Waals surface area contributed by atoms with Crippen LogP contribution < -0.4 is 4.74 Å². The predicted octanol–water partition coefficient (Wildman–Crippen LogP) is 1.78. The molecular weight excluding hydrogens is 351 g/mol. The van der Waals surface area contributed by atoms with E-state index in [4.69, 9.17) is 4.74 Å². The molecule has 7 heteroatoms. The molecule has 1 aromatic rings. The molecule has 1 aliphatic heterocycles. The Morgan fingerprint density at radius 1 is 1.41 bits per heavy atom. The molecule has 0 aliphatic carbocycles. The minimum Gasteiger partial charge on any atom is -0.497 e. The summed E-state index contributed by atoms with van der Waals surface area (Å²) in [6, 6.07) is 4.43. The van der Waals surface area contributed by atoms with Gasteiger partial charge in [0.2, 0.25) is 0 Å². The summed E-state index contributed by atoms with van der Waals surface area (Å²) in [7, 11) is 3.32. The molecule has 1 atom stereocenters. The summed E-state index contributed by atoms with van der Waals surface area (Å²) < 4.78 is 19.2. The van der Waals surface area contributed by atoms with E-state index >= 15 is 0 Å². The van der Waals surface area contributed by atoms with E-state index in [0.29, 0.717) is 43.7 Å². The average Bonchev–Trinajstić information content (AvgIpc) is 2.58. The number of benzene rings is 1. The maximum Gasteiger partial charge on any atom is 0.256 e. The van der Waals surface area contributed by atoms with E-state index in [1.54, 1.807) is 19.9 Å². The number of ether oxygens (including phenoxy) is 1. The Bertz CT molecular complexity index is 662. The third-order valence-electron chi connectivity index (χ3n) is 4.95. The maximum atomic E-state index is 14.1. The third-order valence-corrected chi connectivity index (χ3v) is 4.95. The highest BCUT2D eigenvalue weighted by molar-refractivity contribution is 5.86. The van der Waals surface area contributed by atoms with Crippen molar-refractivity contribution in [3.05, 3.63) is 29.6 Å². The van der Waals surface area contributed by atoms with Crippen molar-refractivity contribution in [3.8, 4) is 5.75 Å². The van der Waals surface area contributed by atoms with Crippen LogP contribution >= 0.6 is 0 Å². The second-order valence-electron chi connectivity index (χ2n) is 8.12. The van der Waals surface area contributed by atoms with Crippen molar-refractivity contribution < 1.29 is 24.1 Å². The zero-order valence-electron chi connectivity index (χ0n) is 16.7. The number of hydrogen-bond acceptors (Lipinski definition) is 5. The molecule has 0 aromatic heterocycles. The zero-order valence-corrected chi connectivity index (χ0v) is 16.7. The van der Waals surface area contributed by atoms with E-state index in [1.807, 2.05) is 11.9 Å². The minimum atomic E-state index is -1.50. The molecule has 1 aromatic carbocycles. The lowest BCUT2D eigenvalue weighted by atomic mass is 9.90. The van der Waals surface area contributed by atoms with Crippen molar-refractivity contribution in [2.24, 2.45) is 0 Å². The summed E-state index contributed by atoms with van der Waals surface area (Å²) >= 11 is 0. The van der Waals surface area contributed by atoms with Gasteiger partial charge in [0.25, 0.3) is 5.91 Å². The highest BCUT2D eigenvalue weighted by Gasteiger charge is 2.43. The minimum absolute atomic E-state index is 0.0948. The van der Waals surface area contributed by atoms with Gasteiger partial charge in [-0.05, 0) is 58.4 Å². The second-order valence-corrected chi connectivity index (χ2v) is 8.12. The first-order valence-electron chi connectivity index (χ1n) is 9.29. The van der Waals surface area contributed by atoms with Crippen molar-refractivity contribution in [1.82, 2.24) is 9.80 Å². The zero-order chi connectivity index (χ0) is 20.2. The van der Waals surface area contributed by atoms with Crippen molar-refractivity contribution in [2.45, 2.75) is 50.9 Å². The van der Waals surface area contributed by atoms with E-state index < -0.39 is 17.0 Å². The number of piperidine rings is 1. The fourth-order valence-corrected chi connectivity index (χ4v) is 3.36. The topological polar surface area (TPSA) is 73.2 Å². The summed E-state index contributed by atoms with van der Waals surface area (Å²) in [4.78, 5) is 16.3. The first kappa shape index (κ1) is 21.6. The first-order valence-corrected chi connectivity index (χ1v) is 9.29. The molecule has 1 fully saturated rings. The second kappa shape index (κ2) is 8.54. The fraction of sp³-hybridized carbons (Fsp3) is 0.650. The Morgan fingerprint density at radius 2 is 2.11 bits per heavy atom. The van der Waals surface area contributed by atoms with E-state index in [0.717, 1.165) is 0 Å². The van der Waals surface area contributed by atoms with Gasteiger partial charge >= 0.3 is 0 Å². The summed E-state index contributed by atoms with van der Waals surface area (Å²) in [6.07, 6.45) is 1.55. The van der Waals surface area contributed by atoms with Crippen LogP contribution in [-0.4, -0.2) is 70.9 Å². The third kappa shape index (κ3) is 5.89. The normalized spacial score (nSPS) is 21.0. The highest BCUT2D eigenvalue weighted by atomic mass is 19.1. The number of likely N-dealkylation sites (N-methyl/N-ethyl adjacent to an activating group) is 1. The van der Waals surface area contributed by atoms with Gasteiger partial charge in [0.05, 0.1) is 12.7 Å².